The Kier molecular flexibility index (Phi) is 6.97. The molecule has 1 heterocycles. The van der Waals surface area contributed by atoms with Crippen LogP contribution in [0.4, 0.5) is 11.8 Å². The number of nitrogens with one attached hydrogen (secondary N) is 2. The van der Waals surface area contributed by atoms with Crippen molar-refractivity contribution in [2.45, 2.75) is 33.3 Å². The Labute approximate surface area is 117 Å². The van der Waals surface area contributed by atoms with Crippen molar-refractivity contribution in [1.82, 2.24) is 9.97 Å². The van der Waals surface area contributed by atoms with Crippen molar-refractivity contribution in [2.24, 2.45) is 0 Å². The van der Waals surface area contributed by atoms with Crippen LogP contribution in [-0.4, -0.2) is 35.8 Å². The van der Waals surface area contributed by atoms with E-state index in [0.717, 1.165) is 36.4 Å². The molecule has 0 aliphatic rings. The average molecular weight is 317 g/mol. The second-order valence-electron chi connectivity index (χ2n) is 3.96. The lowest BCUT2D eigenvalue weighted by Crippen LogP contribution is -2.20. The first-order valence-electron chi connectivity index (χ1n) is 6.29. The lowest BCUT2D eigenvalue weighted by molar-refractivity contribution is 0.0855. The fourth-order valence-electron chi connectivity index (χ4n) is 1.40. The van der Waals surface area contributed by atoms with E-state index in [1.54, 1.807) is 6.20 Å². The van der Waals surface area contributed by atoms with E-state index in [1.807, 2.05) is 13.8 Å². The molecule has 1 aromatic heterocycles. The first-order chi connectivity index (χ1) is 8.67. The van der Waals surface area contributed by atoms with E-state index in [-0.39, 0.29) is 6.10 Å². The Bertz CT molecular complexity index is 362. The third-order valence-electron chi connectivity index (χ3n) is 2.29. The molecule has 1 aromatic rings. The molecule has 2 N–H and O–H groups in total. The largest absolute Gasteiger partial charge is 0.377 e. The molecule has 0 aliphatic carbocycles. The van der Waals surface area contributed by atoms with Crippen LogP contribution in [-0.2, 0) is 4.74 Å². The van der Waals surface area contributed by atoms with Gasteiger partial charge in [-0.25, -0.2) is 4.98 Å². The van der Waals surface area contributed by atoms with Crippen LogP contribution >= 0.6 is 15.9 Å². The van der Waals surface area contributed by atoms with Crippen molar-refractivity contribution >= 4 is 27.7 Å². The normalized spacial score (nSPS) is 12.2. The SMILES string of the molecule is CCCNc1ncc(Br)c(NCC(C)OCC)n1. The Morgan fingerprint density at radius 1 is 1.39 bits per heavy atom. The highest BCUT2D eigenvalue weighted by Crippen LogP contribution is 2.20. The van der Waals surface area contributed by atoms with Gasteiger partial charge in [0.1, 0.15) is 5.82 Å². The van der Waals surface area contributed by atoms with Crippen LogP contribution in [0.5, 0.6) is 0 Å². The molecule has 1 unspecified atom stereocenters. The number of hydrogen-bond donors (Lipinski definition) is 2. The first-order valence-corrected chi connectivity index (χ1v) is 7.08. The molecule has 0 bridgehead atoms. The molecule has 0 radical (unpaired) electrons. The van der Waals surface area contributed by atoms with Crippen LogP contribution < -0.4 is 10.6 Å². The fourth-order valence-corrected chi connectivity index (χ4v) is 1.73. The summed E-state index contributed by atoms with van der Waals surface area (Å²) in [7, 11) is 0. The van der Waals surface area contributed by atoms with E-state index in [2.05, 4.69) is 43.5 Å². The number of nitrogens with zero attached hydrogens (tertiary/aromatic N) is 2. The molecule has 0 fully saturated rings. The zero-order valence-corrected chi connectivity index (χ0v) is 12.7. The highest BCUT2D eigenvalue weighted by Gasteiger charge is 2.06. The van der Waals surface area contributed by atoms with E-state index < -0.39 is 0 Å². The summed E-state index contributed by atoms with van der Waals surface area (Å²) < 4.78 is 6.32. The topological polar surface area (TPSA) is 59.1 Å². The van der Waals surface area contributed by atoms with Gasteiger partial charge < -0.3 is 15.4 Å². The van der Waals surface area contributed by atoms with Gasteiger partial charge in [-0.1, -0.05) is 6.92 Å². The van der Waals surface area contributed by atoms with Gasteiger partial charge in [0, 0.05) is 25.9 Å². The molecule has 102 valence electrons. The molecule has 1 rings (SSSR count). The van der Waals surface area contributed by atoms with Crippen molar-refractivity contribution in [3.05, 3.63) is 10.7 Å². The molecule has 0 saturated heterocycles. The summed E-state index contributed by atoms with van der Waals surface area (Å²) in [5.41, 5.74) is 0. The first kappa shape index (κ1) is 15.2. The maximum atomic E-state index is 5.46. The van der Waals surface area contributed by atoms with Crippen molar-refractivity contribution in [3.63, 3.8) is 0 Å². The zero-order valence-electron chi connectivity index (χ0n) is 11.2. The summed E-state index contributed by atoms with van der Waals surface area (Å²) in [5.74, 6) is 1.43. The van der Waals surface area contributed by atoms with Crippen LogP contribution in [0.25, 0.3) is 0 Å². The quantitative estimate of drug-likeness (QED) is 0.772. The molecular weight excluding hydrogens is 296 g/mol. The van der Waals surface area contributed by atoms with Gasteiger partial charge in [0.25, 0.3) is 0 Å². The third-order valence-corrected chi connectivity index (χ3v) is 2.87. The van der Waals surface area contributed by atoms with Gasteiger partial charge in [0.05, 0.1) is 10.6 Å². The Hall–Kier alpha value is -0.880. The number of halogens is 1. The van der Waals surface area contributed by atoms with Crippen molar-refractivity contribution in [3.8, 4) is 0 Å². The summed E-state index contributed by atoms with van der Waals surface area (Å²) in [4.78, 5) is 8.61. The molecule has 0 spiro atoms. The number of ether oxygens (including phenoxy) is 1. The van der Waals surface area contributed by atoms with Gasteiger partial charge in [0.15, 0.2) is 0 Å². The minimum atomic E-state index is 0.156. The van der Waals surface area contributed by atoms with E-state index in [0.29, 0.717) is 5.95 Å². The van der Waals surface area contributed by atoms with E-state index in [4.69, 9.17) is 4.74 Å². The monoisotopic (exact) mass is 316 g/mol. The summed E-state index contributed by atoms with van der Waals surface area (Å²) in [5, 5.41) is 6.41. The number of anilines is 2. The Morgan fingerprint density at radius 3 is 2.83 bits per heavy atom. The van der Waals surface area contributed by atoms with Crippen molar-refractivity contribution < 1.29 is 4.74 Å². The summed E-state index contributed by atoms with van der Waals surface area (Å²) in [6.45, 7) is 8.44. The minimum Gasteiger partial charge on any atom is -0.377 e. The van der Waals surface area contributed by atoms with Gasteiger partial charge in [-0.05, 0) is 36.2 Å². The van der Waals surface area contributed by atoms with Gasteiger partial charge in [-0.3, -0.25) is 0 Å². The molecular formula is C12H21BrN4O. The smallest absolute Gasteiger partial charge is 0.224 e. The second-order valence-corrected chi connectivity index (χ2v) is 4.82. The number of rotatable bonds is 8. The highest BCUT2D eigenvalue weighted by atomic mass is 79.9. The highest BCUT2D eigenvalue weighted by molar-refractivity contribution is 9.10. The van der Waals surface area contributed by atoms with Crippen molar-refractivity contribution in [1.29, 1.82) is 0 Å². The summed E-state index contributed by atoms with van der Waals surface area (Å²) >= 11 is 3.43. The van der Waals surface area contributed by atoms with Gasteiger partial charge in [0.2, 0.25) is 5.95 Å². The molecule has 1 atom stereocenters. The summed E-state index contributed by atoms with van der Waals surface area (Å²) in [6.07, 6.45) is 2.95. The standard InChI is InChI=1S/C12H21BrN4O/c1-4-6-14-12-16-8-10(13)11(17-12)15-7-9(3)18-5-2/h8-9H,4-7H2,1-3H3,(H2,14,15,16,17). The van der Waals surface area contributed by atoms with Crippen LogP contribution in [0.2, 0.25) is 0 Å². The van der Waals surface area contributed by atoms with E-state index in [9.17, 15) is 0 Å². The molecule has 0 saturated carbocycles. The van der Waals surface area contributed by atoms with Gasteiger partial charge >= 0.3 is 0 Å². The molecule has 18 heavy (non-hydrogen) atoms. The number of aromatic nitrogens is 2. The summed E-state index contributed by atoms with van der Waals surface area (Å²) in [6, 6.07) is 0. The van der Waals surface area contributed by atoms with Crippen LogP contribution in [0.3, 0.4) is 0 Å². The average Bonchev–Trinajstić information content (AvgIpc) is 2.36. The molecule has 0 aliphatic heterocycles. The van der Waals surface area contributed by atoms with Crippen molar-refractivity contribution in [2.75, 3.05) is 30.3 Å². The van der Waals surface area contributed by atoms with Gasteiger partial charge in [-0.2, -0.15) is 4.98 Å². The third kappa shape index (κ3) is 5.18. The molecule has 6 heteroatoms. The van der Waals surface area contributed by atoms with Crippen LogP contribution in [0.1, 0.15) is 27.2 Å². The maximum absolute atomic E-state index is 5.46. The molecule has 5 nitrogen and oxygen atoms in total. The fraction of sp³-hybridized carbons (Fsp3) is 0.667. The van der Waals surface area contributed by atoms with Crippen LogP contribution in [0.15, 0.2) is 10.7 Å². The predicted molar refractivity (Wildman–Crippen MR) is 78.1 cm³/mol. The Balaban J connectivity index is 2.57. The Morgan fingerprint density at radius 2 is 2.17 bits per heavy atom. The van der Waals surface area contributed by atoms with Crippen LogP contribution in [0, 0.1) is 0 Å². The van der Waals surface area contributed by atoms with Gasteiger partial charge in [-0.15, -0.1) is 0 Å². The molecule has 0 amide bonds. The number of hydrogen-bond acceptors (Lipinski definition) is 5. The lowest BCUT2D eigenvalue weighted by Gasteiger charge is -2.14. The predicted octanol–water partition coefficient (Wildman–Crippen LogP) is 2.90. The molecule has 0 aromatic carbocycles. The maximum Gasteiger partial charge on any atom is 0.224 e. The van der Waals surface area contributed by atoms with E-state index in [1.165, 1.54) is 0 Å². The second kappa shape index (κ2) is 8.26. The lowest BCUT2D eigenvalue weighted by atomic mass is 10.4. The zero-order chi connectivity index (χ0) is 13.4. The van der Waals surface area contributed by atoms with E-state index >= 15 is 0 Å². The minimum absolute atomic E-state index is 0.156.